The molecule has 2 aromatic heterocycles. The third-order valence-corrected chi connectivity index (χ3v) is 14.0. The molecule has 0 amide bonds. The van der Waals surface area contributed by atoms with Crippen LogP contribution >= 0.6 is 0 Å². The number of hydrogen-bond donors (Lipinski definition) is 1. The molecule has 7 aromatic carbocycles. The highest BCUT2D eigenvalue weighted by Gasteiger charge is 2.30. The number of benzene rings is 7. The Hall–Kier alpha value is -7.04. The Morgan fingerprint density at radius 2 is 1.06 bits per heavy atom. The fraction of sp³-hybridized carbons (Fsp3) is 0.284. The highest BCUT2D eigenvalue weighted by atomic mass is 16.3. The van der Waals surface area contributed by atoms with E-state index in [9.17, 15) is 6.48 Å². The van der Waals surface area contributed by atoms with E-state index in [1.165, 1.54) is 22.3 Å². The van der Waals surface area contributed by atoms with Gasteiger partial charge >= 0.3 is 0 Å². The standard InChI is InChI=1S/C67H71N3O/c1-42(2)55-41-51(31-32-53(55)54-23-18-19-25-57(54)66(9,10)11)70-60-26-20-24-52(61(60)69-63(70)56-39-50(65(6,7)8)40-58(62(56)71)67(12,13)14)47-35-48(37-49(36-47)64(3,4)5)59-38-46(33-34-68-59)45-29-27-44(28-30-45)43-21-16-15-17-22-43/h15-42,71H,1-14H3/i42D. The summed E-state index contributed by atoms with van der Waals surface area (Å²) in [5.74, 6) is -0.0852. The van der Waals surface area contributed by atoms with Gasteiger partial charge in [-0.1, -0.05) is 206 Å². The van der Waals surface area contributed by atoms with Crippen LogP contribution in [0.25, 0.3) is 83.9 Å². The van der Waals surface area contributed by atoms with Crippen molar-refractivity contribution < 1.29 is 6.48 Å². The Morgan fingerprint density at radius 3 is 1.70 bits per heavy atom. The van der Waals surface area contributed by atoms with Crippen LogP contribution in [0.3, 0.4) is 0 Å². The minimum absolute atomic E-state index is 0.110. The number of nitrogens with zero attached hydrogens (tertiary/aromatic N) is 3. The van der Waals surface area contributed by atoms with Crippen LogP contribution in [0.4, 0.5) is 0 Å². The van der Waals surface area contributed by atoms with Crippen molar-refractivity contribution in [2.45, 2.75) is 124 Å². The highest BCUT2D eigenvalue weighted by molar-refractivity contribution is 5.97. The maximum atomic E-state index is 12.6. The van der Waals surface area contributed by atoms with E-state index in [4.69, 9.17) is 9.97 Å². The van der Waals surface area contributed by atoms with Gasteiger partial charge < -0.3 is 5.11 Å². The van der Waals surface area contributed by atoms with Gasteiger partial charge in [-0.05, 0) is 137 Å². The lowest BCUT2D eigenvalue weighted by Crippen LogP contribution is -2.17. The second-order valence-electron chi connectivity index (χ2n) is 23.8. The summed E-state index contributed by atoms with van der Waals surface area (Å²) < 4.78 is 11.9. The minimum atomic E-state index is -0.952. The van der Waals surface area contributed by atoms with Crippen molar-refractivity contribution in [1.82, 2.24) is 14.5 Å². The first-order chi connectivity index (χ1) is 33.8. The lowest BCUT2D eigenvalue weighted by molar-refractivity contribution is 0.446. The van der Waals surface area contributed by atoms with Crippen LogP contribution in [0.1, 0.15) is 132 Å². The van der Waals surface area contributed by atoms with E-state index in [0.29, 0.717) is 11.4 Å². The number of phenolic OH excluding ortho intramolecular Hbond substituents is 1. The van der Waals surface area contributed by atoms with E-state index in [0.717, 1.165) is 78.0 Å². The zero-order valence-corrected chi connectivity index (χ0v) is 44.4. The third kappa shape index (κ3) is 9.74. The molecule has 1 N–H and O–H groups in total. The van der Waals surface area contributed by atoms with Gasteiger partial charge in [0.2, 0.25) is 0 Å². The van der Waals surface area contributed by atoms with Gasteiger partial charge in [0.25, 0.3) is 0 Å². The number of aromatic hydroxyl groups is 1. The van der Waals surface area contributed by atoms with E-state index in [2.05, 4.69) is 239 Å². The first-order valence-electron chi connectivity index (χ1n) is 25.7. The molecular formula is C67H71N3O. The molecule has 0 saturated heterocycles. The summed E-state index contributed by atoms with van der Waals surface area (Å²) in [5, 5.41) is 12.6. The van der Waals surface area contributed by atoms with Gasteiger partial charge in [-0.3, -0.25) is 9.55 Å². The van der Waals surface area contributed by atoms with Crippen LogP contribution in [0.5, 0.6) is 5.75 Å². The van der Waals surface area contributed by atoms with Crippen molar-refractivity contribution in [2.24, 2.45) is 0 Å². The molecule has 2 heterocycles. The molecule has 9 aromatic rings. The van der Waals surface area contributed by atoms with Gasteiger partial charge in [-0.15, -0.1) is 0 Å². The van der Waals surface area contributed by atoms with E-state index in [1.807, 2.05) is 26.1 Å². The zero-order valence-electron chi connectivity index (χ0n) is 45.4. The molecule has 9 rings (SSSR count). The Balaban J connectivity index is 1.29. The number of fused-ring (bicyclic) bond motifs is 1. The van der Waals surface area contributed by atoms with E-state index in [-0.39, 0.29) is 27.4 Å². The predicted octanol–water partition coefficient (Wildman–Crippen LogP) is 18.4. The third-order valence-electron chi connectivity index (χ3n) is 14.0. The van der Waals surface area contributed by atoms with E-state index in [1.54, 1.807) is 0 Å². The summed E-state index contributed by atoms with van der Waals surface area (Å²) >= 11 is 0. The molecule has 0 fully saturated rings. The largest absolute Gasteiger partial charge is 0.507 e. The van der Waals surface area contributed by atoms with Gasteiger partial charge in [0.1, 0.15) is 11.6 Å². The lowest BCUT2D eigenvalue weighted by atomic mass is 9.79. The summed E-state index contributed by atoms with van der Waals surface area (Å²) in [6.45, 7) is 30.6. The number of imidazole rings is 1. The van der Waals surface area contributed by atoms with Crippen molar-refractivity contribution in [3.63, 3.8) is 0 Å². The van der Waals surface area contributed by atoms with Crippen LogP contribution in [-0.4, -0.2) is 19.6 Å². The summed E-state index contributed by atoms with van der Waals surface area (Å²) in [5.41, 5.74) is 18.4. The molecule has 4 nitrogen and oxygen atoms in total. The van der Waals surface area contributed by atoms with Crippen LogP contribution < -0.4 is 0 Å². The fourth-order valence-electron chi connectivity index (χ4n) is 9.89. The summed E-state index contributed by atoms with van der Waals surface area (Å²) in [6, 6.07) is 56.3. The lowest BCUT2D eigenvalue weighted by Gasteiger charge is -2.28. The fourth-order valence-corrected chi connectivity index (χ4v) is 9.89. The van der Waals surface area contributed by atoms with Gasteiger partial charge in [-0.25, -0.2) is 4.98 Å². The Bertz CT molecular complexity index is 3470. The second kappa shape index (κ2) is 18.3. The Labute approximate surface area is 425 Å². The van der Waals surface area contributed by atoms with Crippen LogP contribution in [0.2, 0.25) is 0 Å². The van der Waals surface area contributed by atoms with E-state index >= 15 is 0 Å². The molecule has 4 heteroatoms. The molecule has 0 aliphatic carbocycles. The molecule has 0 spiro atoms. The van der Waals surface area contributed by atoms with Crippen molar-refractivity contribution in [1.29, 1.82) is 0 Å². The monoisotopic (exact) mass is 935 g/mol. The zero-order chi connectivity index (χ0) is 51.7. The maximum absolute atomic E-state index is 12.6. The molecule has 71 heavy (non-hydrogen) atoms. The van der Waals surface area contributed by atoms with Crippen LogP contribution in [0, 0.1) is 0 Å². The number of pyridine rings is 1. The predicted molar refractivity (Wildman–Crippen MR) is 302 cm³/mol. The molecule has 0 bridgehead atoms. The van der Waals surface area contributed by atoms with Gasteiger partial charge in [0.15, 0.2) is 0 Å². The quantitative estimate of drug-likeness (QED) is 0.165. The van der Waals surface area contributed by atoms with Gasteiger partial charge in [-0.2, -0.15) is 0 Å². The van der Waals surface area contributed by atoms with Crippen molar-refractivity contribution in [3.05, 3.63) is 192 Å². The summed E-state index contributed by atoms with van der Waals surface area (Å²) in [4.78, 5) is 10.7. The average molecular weight is 935 g/mol. The number of hydrogen-bond acceptors (Lipinski definition) is 3. The molecule has 360 valence electrons. The molecular weight excluding hydrogens is 863 g/mol. The second-order valence-corrected chi connectivity index (χ2v) is 23.8. The Kier molecular flexibility index (Phi) is 12.3. The normalized spacial score (nSPS) is 12.9. The molecule has 0 unspecified atom stereocenters. The topological polar surface area (TPSA) is 50.9 Å². The number of phenols is 1. The summed E-state index contributed by atoms with van der Waals surface area (Å²) in [7, 11) is 0. The average Bonchev–Trinajstić information content (AvgIpc) is 3.72. The number of para-hydroxylation sites is 1. The molecule has 0 aliphatic rings. The van der Waals surface area contributed by atoms with Gasteiger partial charge in [0, 0.05) is 29.9 Å². The molecule has 0 atom stereocenters. The number of aromatic nitrogens is 3. The molecule has 0 aliphatic heterocycles. The number of rotatable bonds is 8. The maximum Gasteiger partial charge on any atom is 0.149 e. The van der Waals surface area contributed by atoms with Gasteiger partial charge in [0.05, 0.1) is 22.3 Å². The van der Waals surface area contributed by atoms with Crippen molar-refractivity contribution >= 4 is 11.0 Å². The minimum Gasteiger partial charge on any atom is -0.507 e. The first kappa shape index (κ1) is 47.6. The Morgan fingerprint density at radius 1 is 0.465 bits per heavy atom. The smallest absolute Gasteiger partial charge is 0.149 e. The first-order valence-corrected chi connectivity index (χ1v) is 25.2. The van der Waals surface area contributed by atoms with Crippen molar-refractivity contribution in [3.8, 4) is 78.6 Å². The summed E-state index contributed by atoms with van der Waals surface area (Å²) in [6.07, 6.45) is 1.91. The molecule has 0 saturated carbocycles. The van der Waals surface area contributed by atoms with E-state index < -0.39 is 5.89 Å². The molecule has 0 radical (unpaired) electrons. The highest BCUT2D eigenvalue weighted by Crippen LogP contribution is 2.46. The van der Waals surface area contributed by atoms with Crippen LogP contribution in [0.15, 0.2) is 164 Å². The van der Waals surface area contributed by atoms with Crippen molar-refractivity contribution in [2.75, 3.05) is 0 Å². The van der Waals surface area contributed by atoms with Crippen LogP contribution in [-0.2, 0) is 21.7 Å². The SMILES string of the molecule is [2H]C(C)(C)c1cc(-n2c(-c3cc(C(C)(C)C)cc(C(C)(C)C)c3O)nc3c(-c4cc(-c5cc(-c6ccc(-c7ccccc7)cc6)ccn5)cc(C(C)(C)C)c4)cccc32)ccc1-c1ccccc1C(C)(C)C.